The standard InChI is InChI=1S/C9H20N2O2S2/c1-4-15(12,13)6-5-11(3)7-8(2)9(10)14/h8H,4-7H2,1-3H3,(H2,10,14). The third-order valence-corrected chi connectivity index (χ3v) is 4.38. The van der Waals surface area contributed by atoms with Crippen molar-refractivity contribution < 1.29 is 8.42 Å². The molecule has 0 aromatic carbocycles. The van der Waals surface area contributed by atoms with Gasteiger partial charge in [-0.25, -0.2) is 8.42 Å². The van der Waals surface area contributed by atoms with Crippen LogP contribution in [0.15, 0.2) is 0 Å². The molecule has 0 saturated heterocycles. The first-order valence-corrected chi connectivity index (χ1v) is 7.19. The lowest BCUT2D eigenvalue weighted by atomic mass is 10.2. The van der Waals surface area contributed by atoms with Gasteiger partial charge in [0.2, 0.25) is 0 Å². The van der Waals surface area contributed by atoms with Gasteiger partial charge >= 0.3 is 0 Å². The summed E-state index contributed by atoms with van der Waals surface area (Å²) >= 11 is 4.85. The highest BCUT2D eigenvalue weighted by Gasteiger charge is 2.12. The van der Waals surface area contributed by atoms with Crippen LogP contribution in [0.3, 0.4) is 0 Å². The highest BCUT2D eigenvalue weighted by molar-refractivity contribution is 7.91. The molecule has 15 heavy (non-hydrogen) atoms. The molecule has 0 spiro atoms. The van der Waals surface area contributed by atoms with Crippen LogP contribution in [0.5, 0.6) is 0 Å². The van der Waals surface area contributed by atoms with Crippen molar-refractivity contribution in [3.63, 3.8) is 0 Å². The van der Waals surface area contributed by atoms with Crippen LogP contribution in [-0.4, -0.2) is 49.9 Å². The molecule has 4 nitrogen and oxygen atoms in total. The molecule has 0 rings (SSSR count). The number of hydrogen-bond donors (Lipinski definition) is 1. The van der Waals surface area contributed by atoms with Crippen LogP contribution in [0.2, 0.25) is 0 Å². The Kier molecular flexibility index (Phi) is 6.31. The van der Waals surface area contributed by atoms with Crippen LogP contribution in [0.25, 0.3) is 0 Å². The molecule has 0 aromatic rings. The molecular formula is C9H20N2O2S2. The van der Waals surface area contributed by atoms with E-state index in [2.05, 4.69) is 0 Å². The summed E-state index contributed by atoms with van der Waals surface area (Å²) in [6, 6.07) is 0. The fourth-order valence-electron chi connectivity index (χ4n) is 1.09. The zero-order valence-corrected chi connectivity index (χ0v) is 11.2. The molecule has 2 N–H and O–H groups in total. The van der Waals surface area contributed by atoms with Crippen molar-refractivity contribution in [2.45, 2.75) is 13.8 Å². The van der Waals surface area contributed by atoms with Crippen molar-refractivity contribution in [1.29, 1.82) is 0 Å². The Morgan fingerprint density at radius 3 is 2.47 bits per heavy atom. The van der Waals surface area contributed by atoms with E-state index < -0.39 is 9.84 Å². The number of nitrogens with two attached hydrogens (primary N) is 1. The summed E-state index contributed by atoms with van der Waals surface area (Å²) in [5.41, 5.74) is 5.48. The fourth-order valence-corrected chi connectivity index (χ4v) is 2.04. The average molecular weight is 252 g/mol. The Morgan fingerprint density at radius 2 is 2.07 bits per heavy atom. The molecule has 0 radical (unpaired) electrons. The van der Waals surface area contributed by atoms with E-state index in [1.807, 2.05) is 18.9 Å². The second-order valence-corrected chi connectivity index (χ2v) is 6.75. The SMILES string of the molecule is CCS(=O)(=O)CCN(C)CC(C)C(N)=S. The summed E-state index contributed by atoms with van der Waals surface area (Å²) in [6.07, 6.45) is 0. The third kappa shape index (κ3) is 6.81. The topological polar surface area (TPSA) is 63.4 Å². The summed E-state index contributed by atoms with van der Waals surface area (Å²) in [5.74, 6) is 0.518. The van der Waals surface area contributed by atoms with Crippen LogP contribution in [0.1, 0.15) is 13.8 Å². The van der Waals surface area contributed by atoms with Gasteiger partial charge in [0, 0.05) is 24.8 Å². The number of rotatable bonds is 7. The van der Waals surface area contributed by atoms with Crippen LogP contribution in [0.4, 0.5) is 0 Å². The normalized spacial score (nSPS) is 14.1. The minimum Gasteiger partial charge on any atom is -0.393 e. The second kappa shape index (κ2) is 6.40. The number of hydrogen-bond acceptors (Lipinski definition) is 4. The van der Waals surface area contributed by atoms with Gasteiger partial charge in [-0.15, -0.1) is 0 Å². The molecule has 6 heteroatoms. The molecule has 1 atom stereocenters. The molecule has 0 heterocycles. The van der Waals surface area contributed by atoms with Gasteiger partial charge in [0.15, 0.2) is 9.84 Å². The van der Waals surface area contributed by atoms with E-state index in [-0.39, 0.29) is 17.4 Å². The van der Waals surface area contributed by atoms with E-state index in [1.54, 1.807) is 6.92 Å². The minimum atomic E-state index is -2.88. The average Bonchev–Trinajstić information content (AvgIpc) is 2.15. The Morgan fingerprint density at radius 1 is 1.53 bits per heavy atom. The molecule has 0 aliphatic heterocycles. The molecule has 0 saturated carbocycles. The molecule has 0 aliphatic rings. The predicted octanol–water partition coefficient (Wildman–Crippen LogP) is 0.275. The van der Waals surface area contributed by atoms with E-state index in [1.165, 1.54) is 0 Å². The van der Waals surface area contributed by atoms with Gasteiger partial charge in [-0.1, -0.05) is 26.1 Å². The van der Waals surface area contributed by atoms with Gasteiger partial charge in [0.05, 0.1) is 10.7 Å². The molecule has 0 aromatic heterocycles. The van der Waals surface area contributed by atoms with Gasteiger partial charge < -0.3 is 10.6 Å². The maximum atomic E-state index is 11.2. The second-order valence-electron chi connectivity index (χ2n) is 3.80. The number of thiocarbonyl (C=S) groups is 1. The zero-order chi connectivity index (χ0) is 12.1. The predicted molar refractivity (Wildman–Crippen MR) is 67.8 cm³/mol. The monoisotopic (exact) mass is 252 g/mol. The van der Waals surface area contributed by atoms with Crippen LogP contribution < -0.4 is 5.73 Å². The Bertz CT molecular complexity index is 301. The van der Waals surface area contributed by atoms with E-state index in [0.29, 0.717) is 18.1 Å². The first kappa shape index (κ1) is 14.8. The first-order valence-electron chi connectivity index (χ1n) is 4.96. The van der Waals surface area contributed by atoms with Gasteiger partial charge in [-0.3, -0.25) is 0 Å². The van der Waals surface area contributed by atoms with E-state index in [9.17, 15) is 8.42 Å². The maximum absolute atomic E-state index is 11.2. The highest BCUT2D eigenvalue weighted by Crippen LogP contribution is 1.99. The highest BCUT2D eigenvalue weighted by atomic mass is 32.2. The van der Waals surface area contributed by atoms with Crippen molar-refractivity contribution in [2.75, 3.05) is 31.6 Å². The molecule has 0 bridgehead atoms. The number of sulfone groups is 1. The Hall–Kier alpha value is -0.200. The molecule has 90 valence electrons. The van der Waals surface area contributed by atoms with Crippen LogP contribution in [-0.2, 0) is 9.84 Å². The summed E-state index contributed by atoms with van der Waals surface area (Å²) in [7, 11) is -1.00. The Labute approximate surface area is 97.7 Å². The van der Waals surface area contributed by atoms with Crippen LogP contribution >= 0.6 is 12.2 Å². The van der Waals surface area contributed by atoms with Crippen molar-refractivity contribution in [3.05, 3.63) is 0 Å². The lowest BCUT2D eigenvalue weighted by Crippen LogP contribution is -2.34. The van der Waals surface area contributed by atoms with E-state index in [4.69, 9.17) is 18.0 Å². The quantitative estimate of drug-likeness (QED) is 0.659. The lowest BCUT2D eigenvalue weighted by Gasteiger charge is -2.20. The lowest BCUT2D eigenvalue weighted by molar-refractivity contribution is 0.332. The van der Waals surface area contributed by atoms with Crippen molar-refractivity contribution in [3.8, 4) is 0 Å². The summed E-state index contributed by atoms with van der Waals surface area (Å²) in [4.78, 5) is 2.41. The third-order valence-electron chi connectivity index (χ3n) is 2.30. The molecule has 0 amide bonds. The molecule has 0 aliphatic carbocycles. The molecule has 0 fully saturated rings. The van der Waals surface area contributed by atoms with E-state index in [0.717, 1.165) is 0 Å². The van der Waals surface area contributed by atoms with Gasteiger partial charge in [-0.05, 0) is 7.05 Å². The Balaban J connectivity index is 3.95. The molecule has 1 unspecified atom stereocenters. The van der Waals surface area contributed by atoms with Gasteiger partial charge in [0.25, 0.3) is 0 Å². The van der Waals surface area contributed by atoms with Gasteiger partial charge in [-0.2, -0.15) is 0 Å². The zero-order valence-electron chi connectivity index (χ0n) is 9.56. The van der Waals surface area contributed by atoms with E-state index >= 15 is 0 Å². The summed E-state index contributed by atoms with van der Waals surface area (Å²) in [5, 5.41) is 0. The summed E-state index contributed by atoms with van der Waals surface area (Å²) < 4.78 is 22.5. The maximum Gasteiger partial charge on any atom is 0.151 e. The fraction of sp³-hybridized carbons (Fsp3) is 0.889. The minimum absolute atomic E-state index is 0.120. The van der Waals surface area contributed by atoms with Crippen LogP contribution in [0, 0.1) is 5.92 Å². The van der Waals surface area contributed by atoms with Gasteiger partial charge in [0.1, 0.15) is 0 Å². The largest absolute Gasteiger partial charge is 0.393 e. The van der Waals surface area contributed by atoms with Crippen molar-refractivity contribution in [2.24, 2.45) is 11.7 Å². The molecular weight excluding hydrogens is 232 g/mol. The van der Waals surface area contributed by atoms with Crippen molar-refractivity contribution in [1.82, 2.24) is 4.90 Å². The number of nitrogens with zero attached hydrogens (tertiary/aromatic N) is 1. The smallest absolute Gasteiger partial charge is 0.151 e. The van der Waals surface area contributed by atoms with Crippen molar-refractivity contribution >= 4 is 27.0 Å². The first-order chi connectivity index (χ1) is 6.78. The summed E-state index contributed by atoms with van der Waals surface area (Å²) in [6.45, 7) is 4.83.